The van der Waals surface area contributed by atoms with Crippen molar-refractivity contribution in [1.29, 1.82) is 0 Å². The molecule has 1 aliphatic rings. The Morgan fingerprint density at radius 3 is 2.68 bits per heavy atom. The van der Waals surface area contributed by atoms with Crippen molar-refractivity contribution >= 4 is 0 Å². The Morgan fingerprint density at radius 2 is 2.05 bits per heavy atom. The second-order valence-electron chi connectivity index (χ2n) is 5.81. The van der Waals surface area contributed by atoms with E-state index in [1.54, 1.807) is 7.11 Å². The van der Waals surface area contributed by atoms with Crippen LogP contribution in [0.25, 0.3) is 0 Å². The minimum absolute atomic E-state index is 0.108. The first-order valence-electron chi connectivity index (χ1n) is 7.08. The minimum Gasteiger partial charge on any atom is -0.500 e. The largest absolute Gasteiger partial charge is 0.500 e. The molecule has 0 spiro atoms. The third kappa shape index (κ3) is 2.55. The number of fused-ring (bicyclic) bond motifs is 1. The second kappa shape index (κ2) is 5.79. The molecule has 1 N–H and O–H groups in total. The minimum atomic E-state index is -0.353. The molecule has 1 aliphatic carbocycles. The number of benzene rings is 1. The molecule has 0 heterocycles. The maximum atomic E-state index is 10.1. The van der Waals surface area contributed by atoms with Crippen LogP contribution in [-0.2, 0) is 16.6 Å². The summed E-state index contributed by atoms with van der Waals surface area (Å²) in [5.74, 6) is 1.55. The van der Waals surface area contributed by atoms with Gasteiger partial charge in [0.05, 0.1) is 19.1 Å². The van der Waals surface area contributed by atoms with E-state index < -0.39 is 0 Å². The quantitative estimate of drug-likeness (QED) is 0.878. The molecule has 0 amide bonds. The molecule has 104 valence electrons. The first kappa shape index (κ1) is 14.1. The third-order valence-corrected chi connectivity index (χ3v) is 4.15. The monoisotopic (exact) mass is 260 g/mol. The summed E-state index contributed by atoms with van der Waals surface area (Å²) in [6.07, 6.45) is 5.02. The van der Waals surface area contributed by atoms with Gasteiger partial charge in [-0.05, 0) is 42.4 Å². The van der Waals surface area contributed by atoms with Crippen LogP contribution in [-0.4, -0.2) is 18.8 Å². The first-order valence-corrected chi connectivity index (χ1v) is 7.08. The van der Waals surface area contributed by atoms with Gasteiger partial charge in [0, 0.05) is 0 Å². The van der Waals surface area contributed by atoms with E-state index in [0.717, 1.165) is 25.0 Å². The lowest BCUT2D eigenvalue weighted by molar-refractivity contribution is 0.131. The number of aliphatic hydroxyl groups is 1. The number of ether oxygens (including phenoxy) is 1. The van der Waals surface area contributed by atoms with Crippen LogP contribution in [0.15, 0.2) is 36.1 Å². The highest BCUT2D eigenvalue weighted by molar-refractivity contribution is 5.45. The van der Waals surface area contributed by atoms with Crippen molar-refractivity contribution in [3.63, 3.8) is 0 Å². The molecule has 1 unspecified atom stereocenters. The van der Waals surface area contributed by atoms with E-state index in [0.29, 0.717) is 5.92 Å². The Hall–Kier alpha value is -1.28. The molecule has 1 atom stereocenters. The van der Waals surface area contributed by atoms with Gasteiger partial charge in [-0.25, -0.2) is 0 Å². The van der Waals surface area contributed by atoms with E-state index in [2.05, 4.69) is 44.2 Å². The lowest BCUT2D eigenvalue weighted by atomic mass is 9.69. The van der Waals surface area contributed by atoms with Crippen molar-refractivity contribution in [3.05, 3.63) is 47.2 Å². The van der Waals surface area contributed by atoms with Crippen LogP contribution >= 0.6 is 0 Å². The molecule has 1 aromatic rings. The number of methoxy groups -OCH3 is 1. The van der Waals surface area contributed by atoms with Gasteiger partial charge in [0.15, 0.2) is 0 Å². The Labute approximate surface area is 116 Å². The van der Waals surface area contributed by atoms with Gasteiger partial charge in [-0.15, -0.1) is 0 Å². The number of rotatable bonds is 5. The first-order chi connectivity index (χ1) is 9.14. The van der Waals surface area contributed by atoms with E-state index in [9.17, 15) is 5.11 Å². The van der Waals surface area contributed by atoms with Gasteiger partial charge in [-0.2, -0.15) is 0 Å². The average molecular weight is 260 g/mol. The smallest absolute Gasteiger partial charge is 0.105 e. The van der Waals surface area contributed by atoms with Gasteiger partial charge in [0.25, 0.3) is 0 Å². The molecule has 0 fully saturated rings. The summed E-state index contributed by atoms with van der Waals surface area (Å²) in [7, 11) is 1.71. The van der Waals surface area contributed by atoms with E-state index in [4.69, 9.17) is 4.74 Å². The number of allylic oxidation sites excluding steroid dienone is 1. The predicted octanol–water partition coefficient (Wildman–Crippen LogP) is 3.44. The molecule has 0 aromatic heterocycles. The third-order valence-electron chi connectivity index (χ3n) is 4.15. The molecule has 0 saturated heterocycles. The van der Waals surface area contributed by atoms with Gasteiger partial charge >= 0.3 is 0 Å². The van der Waals surface area contributed by atoms with Crippen molar-refractivity contribution < 1.29 is 9.84 Å². The summed E-state index contributed by atoms with van der Waals surface area (Å²) in [4.78, 5) is 0. The van der Waals surface area contributed by atoms with Crippen molar-refractivity contribution in [1.82, 2.24) is 0 Å². The van der Waals surface area contributed by atoms with E-state index in [1.807, 2.05) is 0 Å². The number of hydrogen-bond donors (Lipinski definition) is 1. The normalized spacial score (nSPS) is 22.1. The molecule has 0 bridgehead atoms. The molecule has 0 aliphatic heterocycles. The standard InChI is InChI=1S/C17H24O2/c1-13(2)10-11-17(12-18)15-7-5-4-6-14(15)8-9-16(17)19-3/h4-7,9,13,18H,8,10-12H2,1-3H3. The van der Waals surface area contributed by atoms with Crippen LogP contribution in [0.2, 0.25) is 0 Å². The van der Waals surface area contributed by atoms with Crippen LogP contribution in [0.4, 0.5) is 0 Å². The summed E-state index contributed by atoms with van der Waals surface area (Å²) in [5.41, 5.74) is 2.19. The molecule has 19 heavy (non-hydrogen) atoms. The zero-order valence-corrected chi connectivity index (χ0v) is 12.1. The fraction of sp³-hybridized carbons (Fsp3) is 0.529. The number of hydrogen-bond acceptors (Lipinski definition) is 2. The lowest BCUT2D eigenvalue weighted by Crippen LogP contribution is -2.37. The SMILES string of the molecule is COC1=CCc2ccccc2C1(CO)CCC(C)C. The fourth-order valence-corrected chi connectivity index (χ4v) is 3.01. The summed E-state index contributed by atoms with van der Waals surface area (Å²) in [6, 6.07) is 8.40. The maximum absolute atomic E-state index is 10.1. The van der Waals surface area contributed by atoms with Crippen LogP contribution in [0.5, 0.6) is 0 Å². The van der Waals surface area contributed by atoms with Gasteiger partial charge < -0.3 is 9.84 Å². The van der Waals surface area contributed by atoms with Crippen LogP contribution in [0.1, 0.15) is 37.8 Å². The Balaban J connectivity index is 2.44. The lowest BCUT2D eigenvalue weighted by Gasteiger charge is -2.38. The Kier molecular flexibility index (Phi) is 4.31. The maximum Gasteiger partial charge on any atom is 0.105 e. The van der Waals surface area contributed by atoms with Crippen molar-refractivity contribution in [3.8, 4) is 0 Å². The molecular weight excluding hydrogens is 236 g/mol. The second-order valence-corrected chi connectivity index (χ2v) is 5.81. The number of aliphatic hydroxyl groups excluding tert-OH is 1. The van der Waals surface area contributed by atoms with E-state index >= 15 is 0 Å². The highest BCUT2D eigenvalue weighted by Gasteiger charge is 2.40. The summed E-state index contributed by atoms with van der Waals surface area (Å²) < 4.78 is 5.59. The molecule has 2 nitrogen and oxygen atoms in total. The summed E-state index contributed by atoms with van der Waals surface area (Å²) in [5, 5.41) is 10.1. The molecule has 1 aromatic carbocycles. The molecule has 0 radical (unpaired) electrons. The zero-order valence-electron chi connectivity index (χ0n) is 12.1. The van der Waals surface area contributed by atoms with Gasteiger partial charge in [-0.1, -0.05) is 38.1 Å². The highest BCUT2D eigenvalue weighted by Crippen LogP contribution is 2.42. The topological polar surface area (TPSA) is 29.5 Å². The van der Waals surface area contributed by atoms with Gasteiger partial charge in [-0.3, -0.25) is 0 Å². The summed E-state index contributed by atoms with van der Waals surface area (Å²) >= 11 is 0. The molecule has 0 saturated carbocycles. The van der Waals surface area contributed by atoms with E-state index in [1.165, 1.54) is 11.1 Å². The Bertz CT molecular complexity index is 462. The summed E-state index contributed by atoms with van der Waals surface area (Å²) in [6.45, 7) is 4.54. The molecular formula is C17H24O2. The van der Waals surface area contributed by atoms with Crippen molar-refractivity contribution in [2.45, 2.75) is 38.5 Å². The van der Waals surface area contributed by atoms with Crippen LogP contribution in [0.3, 0.4) is 0 Å². The fourth-order valence-electron chi connectivity index (χ4n) is 3.01. The van der Waals surface area contributed by atoms with E-state index in [-0.39, 0.29) is 12.0 Å². The zero-order chi connectivity index (χ0) is 13.9. The van der Waals surface area contributed by atoms with Crippen LogP contribution < -0.4 is 0 Å². The van der Waals surface area contributed by atoms with Gasteiger partial charge in [0.1, 0.15) is 5.76 Å². The predicted molar refractivity (Wildman–Crippen MR) is 78.1 cm³/mol. The van der Waals surface area contributed by atoms with Crippen LogP contribution in [0, 0.1) is 5.92 Å². The molecule has 2 heteroatoms. The van der Waals surface area contributed by atoms with Gasteiger partial charge in [0.2, 0.25) is 0 Å². The van der Waals surface area contributed by atoms with Crippen molar-refractivity contribution in [2.75, 3.05) is 13.7 Å². The Morgan fingerprint density at radius 1 is 1.32 bits per heavy atom. The molecule has 2 rings (SSSR count). The average Bonchev–Trinajstić information content (AvgIpc) is 2.44. The van der Waals surface area contributed by atoms with Crippen molar-refractivity contribution in [2.24, 2.45) is 5.92 Å². The highest BCUT2D eigenvalue weighted by atomic mass is 16.5.